The van der Waals surface area contributed by atoms with Crippen LogP contribution in [0.4, 0.5) is 15.8 Å². The molecule has 0 bridgehead atoms. The monoisotopic (exact) mass is 406 g/mol. The molecular weight excluding hydrogens is 388 g/mol. The number of aliphatic carboxylic acids is 1. The smallest absolute Gasteiger partial charge is 0.345 e. The lowest BCUT2D eigenvalue weighted by atomic mass is 9.97. The molecule has 148 valence electrons. The molecule has 3 N–H and O–H groups in total. The summed E-state index contributed by atoms with van der Waals surface area (Å²) in [5.41, 5.74) is 1.02. The summed E-state index contributed by atoms with van der Waals surface area (Å²) < 4.78 is 5.32. The molecule has 1 atom stereocenters. The van der Waals surface area contributed by atoms with Gasteiger partial charge in [0.15, 0.2) is 11.0 Å². The van der Waals surface area contributed by atoms with Crippen LogP contribution < -0.4 is 10.6 Å². The third-order valence-corrected chi connectivity index (χ3v) is 5.09. The predicted molar refractivity (Wildman–Crippen MR) is 102 cm³/mol. The number of amides is 1. The molecule has 1 amide bonds. The fourth-order valence-electron chi connectivity index (χ4n) is 2.88. The zero-order valence-corrected chi connectivity index (χ0v) is 15.5. The Kier molecular flexibility index (Phi) is 6.16. The summed E-state index contributed by atoms with van der Waals surface area (Å²) >= 11 is 0.661. The molecule has 11 heteroatoms. The van der Waals surface area contributed by atoms with Gasteiger partial charge < -0.3 is 20.5 Å². The Hall–Kier alpha value is -3.05. The van der Waals surface area contributed by atoms with Crippen LogP contribution in [0, 0.1) is 10.1 Å². The lowest BCUT2D eigenvalue weighted by Crippen LogP contribution is -2.29. The number of ether oxygens (including phenoxy) is 1. The molecule has 1 aromatic carbocycles. The second-order valence-corrected chi connectivity index (χ2v) is 7.19. The van der Waals surface area contributed by atoms with Crippen molar-refractivity contribution < 1.29 is 24.4 Å². The fourth-order valence-corrected chi connectivity index (χ4v) is 3.51. The van der Waals surface area contributed by atoms with Gasteiger partial charge >= 0.3 is 11.0 Å². The van der Waals surface area contributed by atoms with Crippen LogP contribution >= 0.6 is 11.3 Å². The fraction of sp³-hybridized carbons (Fsp3) is 0.353. The zero-order chi connectivity index (χ0) is 20.1. The largest absolute Gasteiger partial charge is 0.480 e. The molecule has 1 aromatic heterocycles. The van der Waals surface area contributed by atoms with Gasteiger partial charge in [-0.2, -0.15) is 0 Å². The number of nitrogens with zero attached hydrogens (tertiary/aromatic N) is 2. The predicted octanol–water partition coefficient (Wildman–Crippen LogP) is 2.45. The topological polar surface area (TPSA) is 144 Å². The number of carboxylic acid groups (broad SMARTS) is 1. The molecule has 28 heavy (non-hydrogen) atoms. The van der Waals surface area contributed by atoms with E-state index in [0.29, 0.717) is 35.8 Å². The number of rotatable bonds is 7. The van der Waals surface area contributed by atoms with Crippen molar-refractivity contribution in [3.05, 3.63) is 46.1 Å². The summed E-state index contributed by atoms with van der Waals surface area (Å²) in [6.07, 6.45) is 2.69. The van der Waals surface area contributed by atoms with Crippen molar-refractivity contribution in [3.63, 3.8) is 0 Å². The van der Waals surface area contributed by atoms with Crippen LogP contribution in [0.1, 0.15) is 24.3 Å². The summed E-state index contributed by atoms with van der Waals surface area (Å²) in [6, 6.07) is 6.88. The molecule has 0 spiro atoms. The van der Waals surface area contributed by atoms with Gasteiger partial charge in [0.05, 0.1) is 4.92 Å². The number of carbonyl (C=O) groups excluding carboxylic acids is 1. The number of nitro groups is 1. The summed E-state index contributed by atoms with van der Waals surface area (Å²) in [4.78, 5) is 38.0. The van der Waals surface area contributed by atoms with Gasteiger partial charge in [-0.3, -0.25) is 19.7 Å². The Labute approximate surface area is 163 Å². The Morgan fingerprint density at radius 1 is 1.36 bits per heavy atom. The number of carboxylic acids is 1. The SMILES string of the molecule is O=C(O)C(C(=O)Nc1ncc([N+](=O)[O-])s1)c1cccc(NC2CCOCC2)c1. The van der Waals surface area contributed by atoms with Gasteiger partial charge in [-0.25, -0.2) is 4.98 Å². The third kappa shape index (κ3) is 4.81. The van der Waals surface area contributed by atoms with Crippen LogP contribution in [-0.2, 0) is 14.3 Å². The number of hydrogen-bond acceptors (Lipinski definition) is 8. The number of benzene rings is 1. The second-order valence-electron chi connectivity index (χ2n) is 6.18. The Balaban J connectivity index is 1.75. The highest BCUT2D eigenvalue weighted by atomic mass is 32.1. The molecule has 1 fully saturated rings. The third-order valence-electron chi connectivity index (χ3n) is 4.22. The number of anilines is 2. The Morgan fingerprint density at radius 3 is 2.75 bits per heavy atom. The molecule has 3 rings (SSSR count). The highest BCUT2D eigenvalue weighted by Crippen LogP contribution is 2.27. The first-order valence-electron chi connectivity index (χ1n) is 8.52. The van der Waals surface area contributed by atoms with Crippen molar-refractivity contribution in [3.8, 4) is 0 Å². The molecule has 1 aliphatic heterocycles. The average Bonchev–Trinajstić information content (AvgIpc) is 3.11. The van der Waals surface area contributed by atoms with Crippen molar-refractivity contribution in [2.24, 2.45) is 0 Å². The standard InChI is InChI=1S/C17H18N4O6S/c22-15(20-17-18-9-13(28-17)21(25)26)14(16(23)24)10-2-1-3-12(8-10)19-11-4-6-27-7-5-11/h1-3,8-9,11,14,19H,4-7H2,(H,23,24)(H,18,20,22). The van der Waals surface area contributed by atoms with Crippen molar-refractivity contribution in [1.82, 2.24) is 4.98 Å². The van der Waals surface area contributed by atoms with Crippen molar-refractivity contribution in [2.45, 2.75) is 24.8 Å². The van der Waals surface area contributed by atoms with Crippen LogP contribution in [-0.4, -0.2) is 46.1 Å². The van der Waals surface area contributed by atoms with Gasteiger partial charge in [0.2, 0.25) is 5.91 Å². The van der Waals surface area contributed by atoms with E-state index in [1.807, 2.05) is 0 Å². The second kappa shape index (κ2) is 8.76. The number of aromatic nitrogens is 1. The van der Waals surface area contributed by atoms with Crippen molar-refractivity contribution >= 4 is 39.0 Å². The Bertz CT molecular complexity index is 880. The van der Waals surface area contributed by atoms with Gasteiger partial charge in [0.25, 0.3) is 0 Å². The summed E-state index contributed by atoms with van der Waals surface area (Å²) in [7, 11) is 0. The van der Waals surface area contributed by atoms with E-state index in [2.05, 4.69) is 15.6 Å². The maximum Gasteiger partial charge on any atom is 0.345 e. The van der Waals surface area contributed by atoms with Crippen molar-refractivity contribution in [2.75, 3.05) is 23.8 Å². The van der Waals surface area contributed by atoms with E-state index < -0.39 is 22.7 Å². The van der Waals surface area contributed by atoms with Crippen LogP contribution in [0.5, 0.6) is 0 Å². The molecule has 0 saturated carbocycles. The lowest BCUT2D eigenvalue weighted by molar-refractivity contribution is -0.380. The van der Waals surface area contributed by atoms with Crippen LogP contribution in [0.2, 0.25) is 0 Å². The maximum atomic E-state index is 12.5. The molecule has 10 nitrogen and oxygen atoms in total. The number of carbonyl (C=O) groups is 2. The van der Waals surface area contributed by atoms with E-state index in [4.69, 9.17) is 4.74 Å². The highest BCUT2D eigenvalue weighted by Gasteiger charge is 2.30. The van der Waals surface area contributed by atoms with Gasteiger partial charge in [-0.1, -0.05) is 12.1 Å². The molecule has 0 aliphatic carbocycles. The number of thiazole rings is 1. The first-order valence-corrected chi connectivity index (χ1v) is 9.34. The maximum absolute atomic E-state index is 12.5. The molecule has 1 unspecified atom stereocenters. The quantitative estimate of drug-likeness (QED) is 0.361. The average molecular weight is 406 g/mol. The van der Waals surface area contributed by atoms with Gasteiger partial charge in [-0.05, 0) is 41.9 Å². The van der Waals surface area contributed by atoms with E-state index in [9.17, 15) is 24.8 Å². The number of nitrogens with one attached hydrogen (secondary N) is 2. The summed E-state index contributed by atoms with van der Waals surface area (Å²) in [5, 5.41) is 25.7. The molecule has 2 heterocycles. The normalized spacial score (nSPS) is 15.6. The van der Waals surface area contributed by atoms with Gasteiger partial charge in [0.1, 0.15) is 6.20 Å². The van der Waals surface area contributed by atoms with Crippen LogP contribution in [0.25, 0.3) is 0 Å². The summed E-state index contributed by atoms with van der Waals surface area (Å²) in [5.74, 6) is -3.62. The van der Waals surface area contributed by atoms with Gasteiger partial charge in [-0.15, -0.1) is 0 Å². The first kappa shape index (κ1) is 19.7. The highest BCUT2D eigenvalue weighted by molar-refractivity contribution is 7.18. The molecular formula is C17H18N4O6S. The van der Waals surface area contributed by atoms with Crippen LogP contribution in [0.3, 0.4) is 0 Å². The van der Waals surface area contributed by atoms with Crippen LogP contribution in [0.15, 0.2) is 30.5 Å². The summed E-state index contributed by atoms with van der Waals surface area (Å²) in [6.45, 7) is 1.33. The lowest BCUT2D eigenvalue weighted by Gasteiger charge is -2.24. The minimum atomic E-state index is -1.47. The minimum absolute atomic E-state index is 0.0283. The molecule has 0 radical (unpaired) electrons. The molecule has 1 aliphatic rings. The molecule has 1 saturated heterocycles. The van der Waals surface area contributed by atoms with E-state index >= 15 is 0 Å². The van der Waals surface area contributed by atoms with E-state index in [-0.39, 0.29) is 16.2 Å². The molecule has 2 aromatic rings. The van der Waals surface area contributed by atoms with Crippen molar-refractivity contribution in [1.29, 1.82) is 0 Å². The van der Waals surface area contributed by atoms with Gasteiger partial charge in [0, 0.05) is 24.9 Å². The van der Waals surface area contributed by atoms with E-state index in [1.54, 1.807) is 24.3 Å². The first-order chi connectivity index (χ1) is 13.4. The van der Waals surface area contributed by atoms with E-state index in [0.717, 1.165) is 19.0 Å². The minimum Gasteiger partial charge on any atom is -0.480 e. The Morgan fingerprint density at radius 2 is 2.11 bits per heavy atom. The number of hydrogen-bond donors (Lipinski definition) is 3. The zero-order valence-electron chi connectivity index (χ0n) is 14.7. The van der Waals surface area contributed by atoms with E-state index in [1.165, 1.54) is 0 Å².